The molecule has 10 heteroatoms. The van der Waals surface area contributed by atoms with Crippen LogP contribution in [0.2, 0.25) is 10.0 Å². The maximum Gasteiger partial charge on any atom is 0.216 e. The average molecular weight is 415 g/mol. The topological polar surface area (TPSA) is 64.4 Å². The molecule has 0 aliphatic rings. The van der Waals surface area contributed by atoms with Gasteiger partial charge in [-0.3, -0.25) is 0 Å². The first-order valence-electron chi connectivity index (χ1n) is 6.92. The Balaban J connectivity index is 2.07. The van der Waals surface area contributed by atoms with Crippen LogP contribution in [0.5, 0.6) is 11.5 Å². The first kappa shape index (κ1) is 17.9. The summed E-state index contributed by atoms with van der Waals surface area (Å²) in [5, 5.41) is 13.9. The molecule has 0 spiro atoms. The largest absolute Gasteiger partial charge is 0.494 e. The number of nitrogens with one attached hydrogen (secondary N) is 1. The lowest BCUT2D eigenvalue weighted by atomic mass is 10.2. The van der Waals surface area contributed by atoms with E-state index in [0.29, 0.717) is 32.7 Å². The molecule has 25 heavy (non-hydrogen) atoms. The lowest BCUT2D eigenvalue weighted by molar-refractivity contribution is 0.394. The Morgan fingerprint density at radius 1 is 1.32 bits per heavy atom. The Bertz CT molecular complexity index is 980. The molecule has 1 aromatic carbocycles. The van der Waals surface area contributed by atoms with Crippen molar-refractivity contribution in [3.8, 4) is 22.2 Å². The number of hydrogen-bond acceptors (Lipinski definition) is 6. The number of nitrogens with zero attached hydrogens (tertiary/aromatic N) is 3. The van der Waals surface area contributed by atoms with Gasteiger partial charge in [-0.15, -0.1) is 11.3 Å². The van der Waals surface area contributed by atoms with Crippen LogP contribution in [0, 0.1) is 4.77 Å². The molecule has 6 nitrogen and oxygen atoms in total. The van der Waals surface area contributed by atoms with Crippen molar-refractivity contribution in [3.05, 3.63) is 44.0 Å². The summed E-state index contributed by atoms with van der Waals surface area (Å²) in [7, 11) is 2.99. The molecule has 0 bridgehead atoms. The number of thiophene rings is 1. The highest BCUT2D eigenvalue weighted by atomic mass is 35.5. The normalized spacial score (nSPS) is 11.2. The maximum atomic E-state index is 6.28. The Morgan fingerprint density at radius 2 is 2.08 bits per heavy atom. The Labute approximate surface area is 162 Å². The summed E-state index contributed by atoms with van der Waals surface area (Å²) in [5.41, 5.74) is 0.582. The van der Waals surface area contributed by atoms with Gasteiger partial charge in [-0.25, -0.2) is 5.10 Å². The van der Waals surface area contributed by atoms with Gasteiger partial charge in [0.05, 0.1) is 30.3 Å². The van der Waals surface area contributed by atoms with Crippen LogP contribution in [-0.2, 0) is 0 Å². The number of methoxy groups -OCH3 is 2. The van der Waals surface area contributed by atoms with Crippen LogP contribution in [0.15, 0.2) is 28.7 Å². The lowest BCUT2D eigenvalue weighted by Gasteiger charge is -2.12. The zero-order chi connectivity index (χ0) is 18.0. The predicted octanol–water partition coefficient (Wildman–Crippen LogP) is 4.88. The van der Waals surface area contributed by atoms with Gasteiger partial charge >= 0.3 is 0 Å². The van der Waals surface area contributed by atoms with Crippen molar-refractivity contribution in [1.29, 1.82) is 0 Å². The minimum absolute atomic E-state index is 0.272. The van der Waals surface area contributed by atoms with Gasteiger partial charge in [-0.2, -0.15) is 14.9 Å². The molecule has 0 saturated carbocycles. The standard InChI is InChI=1S/C15H12Cl2N4O2S2/c1-22-12-8(6-9(16)13(23-2)11(12)17)7-18-21-14(19-20-15(21)24)10-4-3-5-25-10/h3-7H,1-2H3,(H,20,24)/b18-7-. The summed E-state index contributed by atoms with van der Waals surface area (Å²) in [6.45, 7) is 0. The average Bonchev–Trinajstić information content (AvgIpc) is 3.23. The molecule has 0 fully saturated rings. The van der Waals surface area contributed by atoms with Crippen molar-refractivity contribution < 1.29 is 9.47 Å². The Hall–Kier alpha value is -1.87. The van der Waals surface area contributed by atoms with Crippen molar-refractivity contribution in [2.75, 3.05) is 14.2 Å². The van der Waals surface area contributed by atoms with Crippen molar-refractivity contribution >= 4 is 53.0 Å². The van der Waals surface area contributed by atoms with Crippen LogP contribution in [0.4, 0.5) is 0 Å². The van der Waals surface area contributed by atoms with Gasteiger partial charge in [0.2, 0.25) is 4.77 Å². The van der Waals surface area contributed by atoms with E-state index in [1.807, 2.05) is 17.5 Å². The third-order valence-corrected chi connectivity index (χ3v) is 5.03. The van der Waals surface area contributed by atoms with E-state index in [4.69, 9.17) is 44.9 Å². The fourth-order valence-electron chi connectivity index (χ4n) is 2.18. The molecule has 0 amide bonds. The second kappa shape index (κ2) is 7.57. The van der Waals surface area contributed by atoms with E-state index in [-0.39, 0.29) is 5.02 Å². The highest BCUT2D eigenvalue weighted by Crippen LogP contribution is 2.41. The minimum Gasteiger partial charge on any atom is -0.494 e. The monoisotopic (exact) mass is 414 g/mol. The molecule has 0 aliphatic carbocycles. The number of aromatic amines is 1. The number of rotatable bonds is 5. The molecule has 0 radical (unpaired) electrons. The molecule has 2 aromatic heterocycles. The highest BCUT2D eigenvalue weighted by Gasteiger charge is 2.17. The third kappa shape index (κ3) is 3.43. The summed E-state index contributed by atoms with van der Waals surface area (Å²) in [6, 6.07) is 5.52. The van der Waals surface area contributed by atoms with Crippen LogP contribution in [0.3, 0.4) is 0 Å². The molecule has 2 heterocycles. The lowest BCUT2D eigenvalue weighted by Crippen LogP contribution is -1.98. The van der Waals surface area contributed by atoms with E-state index >= 15 is 0 Å². The summed E-state index contributed by atoms with van der Waals surface area (Å²) >= 11 is 19.3. The molecule has 130 valence electrons. The van der Waals surface area contributed by atoms with E-state index in [2.05, 4.69) is 15.3 Å². The molecule has 1 N–H and O–H groups in total. The van der Waals surface area contributed by atoms with Gasteiger partial charge in [-0.05, 0) is 29.7 Å². The van der Waals surface area contributed by atoms with Crippen LogP contribution in [0.25, 0.3) is 10.7 Å². The van der Waals surface area contributed by atoms with Crippen molar-refractivity contribution in [3.63, 3.8) is 0 Å². The molecular formula is C15H12Cl2N4O2S2. The van der Waals surface area contributed by atoms with Crippen LogP contribution in [-0.4, -0.2) is 35.3 Å². The smallest absolute Gasteiger partial charge is 0.216 e. The minimum atomic E-state index is 0.272. The predicted molar refractivity (Wildman–Crippen MR) is 103 cm³/mol. The number of H-pyrrole nitrogens is 1. The summed E-state index contributed by atoms with van der Waals surface area (Å²) in [5.74, 6) is 1.36. The van der Waals surface area contributed by atoms with Crippen LogP contribution in [0.1, 0.15) is 5.56 Å². The van der Waals surface area contributed by atoms with Gasteiger partial charge in [0, 0.05) is 5.56 Å². The van der Waals surface area contributed by atoms with Crippen LogP contribution >= 0.6 is 46.8 Å². The van der Waals surface area contributed by atoms with E-state index in [1.54, 1.807) is 12.3 Å². The summed E-state index contributed by atoms with van der Waals surface area (Å²) < 4.78 is 12.4. The molecular weight excluding hydrogens is 403 g/mol. The van der Waals surface area contributed by atoms with Gasteiger partial charge in [0.15, 0.2) is 11.6 Å². The molecule has 0 unspecified atom stereocenters. The first-order chi connectivity index (χ1) is 12.1. The SMILES string of the molecule is COc1c(Cl)cc(/C=N\n2c(-c3cccs3)n[nH]c2=S)c(OC)c1Cl. The van der Waals surface area contributed by atoms with Crippen LogP contribution < -0.4 is 9.47 Å². The van der Waals surface area contributed by atoms with E-state index in [0.717, 1.165) is 4.88 Å². The van der Waals surface area contributed by atoms with E-state index in [1.165, 1.54) is 30.2 Å². The van der Waals surface area contributed by atoms with Crippen molar-refractivity contribution in [2.24, 2.45) is 5.10 Å². The maximum absolute atomic E-state index is 6.28. The molecule has 3 rings (SSSR count). The molecule has 3 aromatic rings. The number of hydrogen-bond donors (Lipinski definition) is 1. The van der Waals surface area contributed by atoms with Gasteiger partial charge in [0.25, 0.3) is 0 Å². The van der Waals surface area contributed by atoms with E-state index in [9.17, 15) is 0 Å². The number of ether oxygens (including phenoxy) is 2. The summed E-state index contributed by atoms with van der Waals surface area (Å²) in [4.78, 5) is 0.933. The summed E-state index contributed by atoms with van der Waals surface area (Å²) in [6.07, 6.45) is 1.55. The van der Waals surface area contributed by atoms with Crippen molar-refractivity contribution in [1.82, 2.24) is 14.9 Å². The third-order valence-electron chi connectivity index (χ3n) is 3.27. The fourth-order valence-corrected chi connectivity index (χ4v) is 3.76. The quantitative estimate of drug-likeness (QED) is 0.477. The number of benzene rings is 1. The Morgan fingerprint density at radius 3 is 2.72 bits per heavy atom. The van der Waals surface area contributed by atoms with Gasteiger partial charge in [0.1, 0.15) is 10.8 Å². The Kier molecular flexibility index (Phi) is 5.43. The second-order valence-corrected chi connectivity index (χ2v) is 6.83. The highest BCUT2D eigenvalue weighted by molar-refractivity contribution is 7.71. The number of halogens is 2. The van der Waals surface area contributed by atoms with E-state index < -0.39 is 0 Å². The molecule has 0 atom stereocenters. The van der Waals surface area contributed by atoms with Gasteiger partial charge in [-0.1, -0.05) is 29.3 Å². The molecule has 0 saturated heterocycles. The molecule has 0 aliphatic heterocycles. The number of aromatic nitrogens is 3. The fraction of sp³-hybridized carbons (Fsp3) is 0.133. The first-order valence-corrected chi connectivity index (χ1v) is 8.96. The second-order valence-electron chi connectivity index (χ2n) is 4.71. The van der Waals surface area contributed by atoms with Crippen molar-refractivity contribution in [2.45, 2.75) is 0 Å². The zero-order valence-electron chi connectivity index (χ0n) is 13.1. The van der Waals surface area contributed by atoms with Gasteiger partial charge < -0.3 is 9.47 Å². The zero-order valence-corrected chi connectivity index (χ0v) is 16.3.